The lowest BCUT2D eigenvalue weighted by Gasteiger charge is -2.30. The first kappa shape index (κ1) is 12.2. The maximum Gasteiger partial charge on any atom is 0.358 e. The van der Waals surface area contributed by atoms with Gasteiger partial charge in [0.15, 0.2) is 11.5 Å². The fraction of sp³-hybridized carbons (Fsp3) is 0.400. The van der Waals surface area contributed by atoms with Gasteiger partial charge in [-0.1, -0.05) is 5.16 Å². The Labute approximate surface area is 102 Å². The predicted molar refractivity (Wildman–Crippen MR) is 56.5 cm³/mol. The molecule has 2 N–H and O–H groups in total. The molecule has 1 aliphatic heterocycles. The Morgan fingerprint density at radius 3 is 3.00 bits per heavy atom. The topological polar surface area (TPSA) is 113 Å². The zero-order valence-corrected chi connectivity index (χ0v) is 9.54. The van der Waals surface area contributed by atoms with E-state index in [1.54, 1.807) is 11.8 Å². The Hall–Kier alpha value is -2.22. The van der Waals surface area contributed by atoms with Gasteiger partial charge in [-0.15, -0.1) is 0 Å². The van der Waals surface area contributed by atoms with Crippen molar-refractivity contribution >= 4 is 17.8 Å². The van der Waals surface area contributed by atoms with Crippen LogP contribution in [0.5, 0.6) is 0 Å². The van der Waals surface area contributed by atoms with Gasteiger partial charge in [0.2, 0.25) is 11.8 Å². The second-order valence-electron chi connectivity index (χ2n) is 3.98. The van der Waals surface area contributed by atoms with Crippen molar-refractivity contribution in [2.24, 2.45) is 0 Å². The molecule has 0 radical (unpaired) electrons. The highest BCUT2D eigenvalue weighted by molar-refractivity contribution is 6.00. The number of amides is 2. The molecule has 2 amide bonds. The summed E-state index contributed by atoms with van der Waals surface area (Å²) in [5.74, 6) is -1.67. The Morgan fingerprint density at radius 2 is 2.39 bits per heavy atom. The normalized spacial score (nSPS) is 20.8. The number of rotatable bonds is 3. The first-order chi connectivity index (χ1) is 8.47. The lowest BCUT2D eigenvalue weighted by Crippen LogP contribution is -2.56. The van der Waals surface area contributed by atoms with E-state index in [2.05, 4.69) is 10.5 Å². The summed E-state index contributed by atoms with van der Waals surface area (Å²) in [6.45, 7) is 1.85. The van der Waals surface area contributed by atoms with Crippen LogP contribution in [-0.4, -0.2) is 45.5 Å². The Balaban J connectivity index is 2.09. The summed E-state index contributed by atoms with van der Waals surface area (Å²) in [5.41, 5.74) is -0.203. The van der Waals surface area contributed by atoms with Gasteiger partial charge in [0, 0.05) is 6.07 Å². The van der Waals surface area contributed by atoms with Crippen molar-refractivity contribution in [2.75, 3.05) is 6.54 Å². The van der Waals surface area contributed by atoms with Crippen LogP contribution < -0.4 is 5.32 Å². The van der Waals surface area contributed by atoms with E-state index in [0.29, 0.717) is 5.76 Å². The van der Waals surface area contributed by atoms with Crippen molar-refractivity contribution in [3.05, 3.63) is 17.5 Å². The van der Waals surface area contributed by atoms with Crippen molar-refractivity contribution in [1.29, 1.82) is 0 Å². The first-order valence-corrected chi connectivity index (χ1v) is 5.24. The van der Waals surface area contributed by atoms with E-state index in [1.807, 2.05) is 0 Å². The summed E-state index contributed by atoms with van der Waals surface area (Å²) in [5, 5.41) is 14.3. The van der Waals surface area contributed by atoms with Crippen molar-refractivity contribution < 1.29 is 24.0 Å². The molecule has 8 heteroatoms. The second kappa shape index (κ2) is 4.57. The molecular weight excluding hydrogens is 242 g/mol. The maximum atomic E-state index is 11.4. The minimum absolute atomic E-state index is 0.0516. The number of carboxylic acids is 1. The largest absolute Gasteiger partial charge is 0.476 e. The molecule has 1 aromatic heterocycles. The number of carbonyl (C=O) groups excluding carboxylic acids is 2. The highest BCUT2D eigenvalue weighted by atomic mass is 16.5. The molecule has 0 aromatic carbocycles. The minimum Gasteiger partial charge on any atom is -0.476 e. The van der Waals surface area contributed by atoms with Crippen LogP contribution in [0.3, 0.4) is 0 Å². The van der Waals surface area contributed by atoms with Crippen molar-refractivity contribution in [3.8, 4) is 0 Å². The van der Waals surface area contributed by atoms with E-state index in [0.717, 1.165) is 0 Å². The smallest absolute Gasteiger partial charge is 0.358 e. The quantitative estimate of drug-likeness (QED) is 0.679. The molecule has 0 aliphatic carbocycles. The number of aromatic nitrogens is 1. The third-order valence-corrected chi connectivity index (χ3v) is 2.67. The third kappa shape index (κ3) is 2.38. The van der Waals surface area contributed by atoms with Gasteiger partial charge in [0.25, 0.3) is 0 Å². The van der Waals surface area contributed by atoms with E-state index in [4.69, 9.17) is 9.63 Å². The molecule has 0 saturated carbocycles. The first-order valence-electron chi connectivity index (χ1n) is 5.24. The third-order valence-electron chi connectivity index (χ3n) is 2.67. The van der Waals surface area contributed by atoms with Crippen LogP contribution in [-0.2, 0) is 16.1 Å². The monoisotopic (exact) mass is 253 g/mol. The average molecular weight is 253 g/mol. The lowest BCUT2D eigenvalue weighted by atomic mass is 10.2. The number of carboxylic acid groups (broad SMARTS) is 1. The number of carbonyl (C=O) groups is 3. The molecule has 8 nitrogen and oxygen atoms in total. The van der Waals surface area contributed by atoms with Crippen molar-refractivity contribution in [3.63, 3.8) is 0 Å². The standard InChI is InChI=1S/C10H11N3O5/c1-5-9(15)11-8(14)4-13(5)3-6-2-7(10(16)17)12-18-6/h2,5H,3-4H2,1H3,(H,16,17)(H,11,14,15). The van der Waals surface area contributed by atoms with Crippen LogP contribution in [0.1, 0.15) is 23.2 Å². The molecule has 1 saturated heterocycles. The van der Waals surface area contributed by atoms with Gasteiger partial charge in [-0.05, 0) is 6.92 Å². The minimum atomic E-state index is -1.19. The lowest BCUT2D eigenvalue weighted by molar-refractivity contribution is -0.139. The predicted octanol–water partition coefficient (Wildman–Crippen LogP) is -0.780. The van der Waals surface area contributed by atoms with E-state index in [9.17, 15) is 14.4 Å². The Bertz CT molecular complexity index is 509. The maximum absolute atomic E-state index is 11.4. The fourth-order valence-electron chi connectivity index (χ4n) is 1.65. The van der Waals surface area contributed by atoms with Gasteiger partial charge >= 0.3 is 5.97 Å². The molecule has 1 atom stereocenters. The highest BCUT2D eigenvalue weighted by Gasteiger charge is 2.31. The number of imide groups is 1. The van der Waals surface area contributed by atoms with Gasteiger partial charge in [0.05, 0.1) is 19.1 Å². The van der Waals surface area contributed by atoms with E-state index >= 15 is 0 Å². The van der Waals surface area contributed by atoms with E-state index in [1.165, 1.54) is 6.07 Å². The molecule has 96 valence electrons. The molecule has 1 aromatic rings. The average Bonchev–Trinajstić information content (AvgIpc) is 2.74. The number of aromatic carboxylic acids is 1. The molecule has 2 rings (SSSR count). The van der Waals surface area contributed by atoms with Crippen LogP contribution >= 0.6 is 0 Å². The zero-order valence-electron chi connectivity index (χ0n) is 9.54. The molecule has 1 unspecified atom stereocenters. The SMILES string of the molecule is CC1C(=O)NC(=O)CN1Cc1cc(C(=O)O)no1. The van der Waals surface area contributed by atoms with Crippen LogP contribution in [0.15, 0.2) is 10.6 Å². The number of hydrogen-bond donors (Lipinski definition) is 2. The van der Waals surface area contributed by atoms with Crippen LogP contribution in [0.4, 0.5) is 0 Å². The fourth-order valence-corrected chi connectivity index (χ4v) is 1.65. The summed E-state index contributed by atoms with van der Waals surface area (Å²) in [6.07, 6.45) is 0. The summed E-state index contributed by atoms with van der Waals surface area (Å²) >= 11 is 0. The molecule has 0 spiro atoms. The Kier molecular flexibility index (Phi) is 3.11. The molecular formula is C10H11N3O5. The number of nitrogens with zero attached hydrogens (tertiary/aromatic N) is 2. The van der Waals surface area contributed by atoms with Crippen LogP contribution in [0.2, 0.25) is 0 Å². The number of nitrogens with one attached hydrogen (secondary N) is 1. The highest BCUT2D eigenvalue weighted by Crippen LogP contribution is 2.12. The number of hydrogen-bond acceptors (Lipinski definition) is 6. The van der Waals surface area contributed by atoms with E-state index < -0.39 is 17.9 Å². The molecule has 1 fully saturated rings. The zero-order chi connectivity index (χ0) is 13.3. The molecule has 0 bridgehead atoms. The summed E-state index contributed by atoms with van der Waals surface area (Å²) in [4.78, 5) is 34.8. The van der Waals surface area contributed by atoms with Crippen LogP contribution in [0.25, 0.3) is 0 Å². The van der Waals surface area contributed by atoms with Gasteiger partial charge in [0.1, 0.15) is 0 Å². The molecule has 2 heterocycles. The summed E-state index contributed by atoms with van der Waals surface area (Å²) < 4.78 is 4.83. The summed E-state index contributed by atoms with van der Waals surface area (Å²) in [6, 6.07) is 0.785. The van der Waals surface area contributed by atoms with E-state index in [-0.39, 0.29) is 24.7 Å². The van der Waals surface area contributed by atoms with Gasteiger partial charge in [-0.25, -0.2) is 4.79 Å². The summed E-state index contributed by atoms with van der Waals surface area (Å²) in [7, 11) is 0. The molecule has 18 heavy (non-hydrogen) atoms. The van der Waals surface area contributed by atoms with Crippen LogP contribution in [0, 0.1) is 0 Å². The van der Waals surface area contributed by atoms with Gasteiger partial charge in [-0.3, -0.25) is 19.8 Å². The van der Waals surface area contributed by atoms with Gasteiger partial charge < -0.3 is 9.63 Å². The Morgan fingerprint density at radius 1 is 1.67 bits per heavy atom. The second-order valence-corrected chi connectivity index (χ2v) is 3.98. The number of piperazine rings is 1. The van der Waals surface area contributed by atoms with Crippen molar-refractivity contribution in [1.82, 2.24) is 15.4 Å². The van der Waals surface area contributed by atoms with Crippen molar-refractivity contribution in [2.45, 2.75) is 19.5 Å². The molecule has 1 aliphatic rings. The van der Waals surface area contributed by atoms with Gasteiger partial charge in [-0.2, -0.15) is 0 Å².